The molecule has 2 aromatic rings. The summed E-state index contributed by atoms with van der Waals surface area (Å²) in [5.41, 5.74) is 0.213. The lowest BCUT2D eigenvalue weighted by Crippen LogP contribution is -2.52. The highest BCUT2D eigenvalue weighted by atomic mass is 79.9. The first kappa shape index (κ1) is 14.6. The van der Waals surface area contributed by atoms with Gasteiger partial charge in [0, 0.05) is 10.0 Å². The minimum atomic E-state index is -0.789. The Kier molecular flexibility index (Phi) is 3.37. The van der Waals surface area contributed by atoms with E-state index in [9.17, 15) is 8.78 Å². The maximum atomic E-state index is 14.2. The van der Waals surface area contributed by atoms with Gasteiger partial charge in [-0.15, -0.1) is 0 Å². The molecular weight excluding hydrogens is 360 g/mol. The van der Waals surface area contributed by atoms with Crippen LogP contribution in [0.2, 0.25) is 0 Å². The average molecular weight is 372 g/mol. The molecule has 2 heterocycles. The number of hydrogen-bond donors (Lipinski definition) is 1. The third-order valence-electron chi connectivity index (χ3n) is 3.65. The molecule has 3 rings (SSSR count). The van der Waals surface area contributed by atoms with Crippen LogP contribution in [0.5, 0.6) is 0 Å². The monoisotopic (exact) mass is 371 g/mol. The van der Waals surface area contributed by atoms with Gasteiger partial charge >= 0.3 is 0 Å². The first-order valence-corrected chi connectivity index (χ1v) is 7.53. The average Bonchev–Trinajstić information content (AvgIpc) is 2.67. The normalized spacial score (nSPS) is 21.1. The Morgan fingerprint density at radius 2 is 2.14 bits per heavy atom. The Bertz CT molecular complexity index is 759. The number of fused-ring (bicyclic) bond motifs is 1. The molecule has 1 aromatic heterocycles. The number of aromatic nitrogens is 2. The molecule has 1 aliphatic rings. The second-order valence-corrected chi connectivity index (χ2v) is 6.64. The fraction of sp³-hybridized carbons (Fsp3) is 0.286. The van der Waals surface area contributed by atoms with Crippen LogP contribution in [0.15, 0.2) is 22.7 Å². The fourth-order valence-electron chi connectivity index (χ4n) is 2.61. The Morgan fingerprint density at radius 3 is 2.86 bits per heavy atom. The second kappa shape index (κ2) is 4.84. The lowest BCUT2D eigenvalue weighted by Gasteiger charge is -2.37. The molecule has 0 saturated carbocycles. The van der Waals surface area contributed by atoms with Crippen molar-refractivity contribution in [1.29, 1.82) is 0 Å². The minimum Gasteiger partial charge on any atom is -0.363 e. The number of thiocarbonyl (C=S) groups is 1. The van der Waals surface area contributed by atoms with Crippen LogP contribution >= 0.6 is 28.1 Å². The van der Waals surface area contributed by atoms with Crippen LogP contribution in [-0.2, 0) is 12.1 Å². The first-order valence-electron chi connectivity index (χ1n) is 6.33. The SMILES string of the molecule is Cc1nn2c(c1F)C(=S)NC(C)(c1cc(Br)ccc1F)C2. The molecule has 0 aliphatic carbocycles. The number of rotatable bonds is 1. The van der Waals surface area contributed by atoms with Gasteiger partial charge in [0.15, 0.2) is 5.82 Å². The van der Waals surface area contributed by atoms with Crippen molar-refractivity contribution in [2.75, 3.05) is 0 Å². The van der Waals surface area contributed by atoms with E-state index in [2.05, 4.69) is 26.3 Å². The highest BCUT2D eigenvalue weighted by Gasteiger charge is 2.38. The summed E-state index contributed by atoms with van der Waals surface area (Å²) in [4.78, 5) is 0.237. The summed E-state index contributed by atoms with van der Waals surface area (Å²) in [6.07, 6.45) is 0. The fourth-order valence-corrected chi connectivity index (χ4v) is 3.39. The van der Waals surface area contributed by atoms with Gasteiger partial charge in [0.25, 0.3) is 0 Å². The van der Waals surface area contributed by atoms with Gasteiger partial charge < -0.3 is 5.32 Å². The Labute approximate surface area is 134 Å². The molecule has 0 saturated heterocycles. The second-order valence-electron chi connectivity index (χ2n) is 5.32. The van der Waals surface area contributed by atoms with E-state index in [1.54, 1.807) is 19.1 Å². The maximum Gasteiger partial charge on any atom is 0.174 e. The molecule has 110 valence electrons. The molecule has 3 nitrogen and oxygen atoms in total. The summed E-state index contributed by atoms with van der Waals surface area (Å²) in [6.45, 7) is 3.70. The zero-order valence-corrected chi connectivity index (χ0v) is 13.8. The zero-order chi connectivity index (χ0) is 15.4. The van der Waals surface area contributed by atoms with E-state index < -0.39 is 11.4 Å². The third-order valence-corrected chi connectivity index (χ3v) is 4.44. The smallest absolute Gasteiger partial charge is 0.174 e. The number of hydrogen-bond acceptors (Lipinski definition) is 2. The van der Waals surface area contributed by atoms with Gasteiger partial charge in [-0.05, 0) is 32.0 Å². The van der Waals surface area contributed by atoms with Crippen LogP contribution in [0.3, 0.4) is 0 Å². The predicted molar refractivity (Wildman–Crippen MR) is 83.2 cm³/mol. The van der Waals surface area contributed by atoms with Crippen molar-refractivity contribution in [3.8, 4) is 0 Å². The molecule has 1 N–H and O–H groups in total. The van der Waals surface area contributed by atoms with Crippen LogP contribution in [0.25, 0.3) is 0 Å². The van der Waals surface area contributed by atoms with Gasteiger partial charge in [-0.1, -0.05) is 28.1 Å². The standard InChI is InChI=1S/C14H12BrF2N3S/c1-7-11(17)12-13(21)18-14(2,6-20(12)19-7)9-5-8(15)3-4-10(9)16/h3-5H,6H2,1-2H3,(H,18,21). The summed E-state index contributed by atoms with van der Waals surface area (Å²) < 4.78 is 30.4. The highest BCUT2D eigenvalue weighted by molar-refractivity contribution is 9.10. The Balaban J connectivity index is 2.12. The van der Waals surface area contributed by atoms with Gasteiger partial charge in [-0.3, -0.25) is 4.68 Å². The largest absolute Gasteiger partial charge is 0.363 e. The van der Waals surface area contributed by atoms with Gasteiger partial charge in [0.2, 0.25) is 0 Å². The summed E-state index contributed by atoms with van der Waals surface area (Å²) in [5, 5.41) is 7.21. The van der Waals surface area contributed by atoms with E-state index in [1.165, 1.54) is 10.7 Å². The Hall–Kier alpha value is -1.34. The molecule has 1 aliphatic heterocycles. The van der Waals surface area contributed by atoms with E-state index in [-0.39, 0.29) is 22.2 Å². The van der Waals surface area contributed by atoms with Crippen molar-refractivity contribution in [3.05, 3.63) is 51.3 Å². The molecule has 0 amide bonds. The topological polar surface area (TPSA) is 29.9 Å². The molecule has 7 heteroatoms. The van der Waals surface area contributed by atoms with Crippen LogP contribution in [0, 0.1) is 18.6 Å². The predicted octanol–water partition coefficient (Wildman–Crippen LogP) is 3.43. The summed E-state index contributed by atoms with van der Waals surface area (Å²) >= 11 is 8.58. The number of halogens is 3. The van der Waals surface area contributed by atoms with Crippen molar-refractivity contribution >= 4 is 33.1 Å². The number of aryl methyl sites for hydroxylation is 1. The molecule has 0 spiro atoms. The van der Waals surface area contributed by atoms with Crippen LogP contribution in [0.4, 0.5) is 8.78 Å². The number of benzene rings is 1. The lowest BCUT2D eigenvalue weighted by atomic mass is 9.90. The van der Waals surface area contributed by atoms with Crippen LogP contribution < -0.4 is 5.32 Å². The quantitative estimate of drug-likeness (QED) is 0.778. The molecular formula is C14H12BrF2N3S. The van der Waals surface area contributed by atoms with E-state index in [0.29, 0.717) is 12.1 Å². The first-order chi connectivity index (χ1) is 9.82. The lowest BCUT2D eigenvalue weighted by molar-refractivity contribution is 0.319. The minimum absolute atomic E-state index is 0.237. The van der Waals surface area contributed by atoms with Crippen molar-refractivity contribution in [3.63, 3.8) is 0 Å². The van der Waals surface area contributed by atoms with Gasteiger partial charge in [0.05, 0.1) is 17.8 Å². The van der Waals surface area contributed by atoms with Crippen molar-refractivity contribution in [2.24, 2.45) is 0 Å². The summed E-state index contributed by atoms with van der Waals surface area (Å²) in [5.74, 6) is -0.770. The number of nitrogens with one attached hydrogen (secondary N) is 1. The van der Waals surface area contributed by atoms with Crippen molar-refractivity contribution < 1.29 is 8.78 Å². The van der Waals surface area contributed by atoms with Crippen molar-refractivity contribution in [1.82, 2.24) is 15.1 Å². The Morgan fingerprint density at radius 1 is 1.43 bits per heavy atom. The summed E-state index contributed by atoms with van der Waals surface area (Å²) in [6, 6.07) is 4.72. The van der Waals surface area contributed by atoms with Gasteiger partial charge in [0.1, 0.15) is 16.5 Å². The zero-order valence-electron chi connectivity index (χ0n) is 11.4. The molecule has 1 unspecified atom stereocenters. The molecule has 0 bridgehead atoms. The van der Waals surface area contributed by atoms with Gasteiger partial charge in [-0.25, -0.2) is 8.78 Å². The third kappa shape index (κ3) is 2.28. The van der Waals surface area contributed by atoms with Gasteiger partial charge in [-0.2, -0.15) is 5.10 Å². The molecule has 1 aromatic carbocycles. The van der Waals surface area contributed by atoms with E-state index >= 15 is 0 Å². The van der Waals surface area contributed by atoms with E-state index in [4.69, 9.17) is 12.2 Å². The maximum absolute atomic E-state index is 14.2. The van der Waals surface area contributed by atoms with E-state index in [1.807, 2.05) is 6.92 Å². The van der Waals surface area contributed by atoms with Crippen molar-refractivity contribution in [2.45, 2.75) is 25.9 Å². The van der Waals surface area contributed by atoms with E-state index in [0.717, 1.165) is 4.47 Å². The van der Waals surface area contributed by atoms with Crippen LogP contribution in [0.1, 0.15) is 23.9 Å². The molecule has 1 atom stereocenters. The number of nitrogens with zero attached hydrogens (tertiary/aromatic N) is 2. The molecule has 21 heavy (non-hydrogen) atoms. The summed E-state index contributed by atoms with van der Waals surface area (Å²) in [7, 11) is 0. The highest BCUT2D eigenvalue weighted by Crippen LogP contribution is 2.32. The molecule has 0 radical (unpaired) electrons. The molecule has 0 fully saturated rings. The van der Waals surface area contributed by atoms with Crippen LogP contribution in [-0.4, -0.2) is 14.8 Å².